The van der Waals surface area contributed by atoms with Crippen molar-refractivity contribution < 1.29 is 4.74 Å². The molecule has 0 N–H and O–H groups in total. The Balaban J connectivity index is 1.73. The Morgan fingerprint density at radius 1 is 0.893 bits per heavy atom. The number of hydrogen-bond donors (Lipinski definition) is 0. The number of rotatable bonds is 6. The lowest BCUT2D eigenvalue weighted by atomic mass is 10.1. The maximum Gasteiger partial charge on any atom is 0.196 e. The molecule has 0 saturated carbocycles. The molecule has 0 aliphatic carbocycles. The minimum Gasteiger partial charge on any atom is -0.496 e. The zero-order chi connectivity index (χ0) is 19.3. The second-order valence-electron chi connectivity index (χ2n) is 6.45. The average molecular weight is 388 g/mol. The molecule has 0 aliphatic rings. The van der Waals surface area contributed by atoms with Crippen LogP contribution in [0.3, 0.4) is 0 Å². The van der Waals surface area contributed by atoms with Crippen LogP contribution in [0.15, 0.2) is 84.0 Å². The van der Waals surface area contributed by atoms with Crippen molar-refractivity contribution in [3.8, 4) is 22.8 Å². The minimum atomic E-state index is 0.753. The smallest absolute Gasteiger partial charge is 0.196 e. The van der Waals surface area contributed by atoms with Gasteiger partial charge in [-0.25, -0.2) is 0 Å². The normalized spacial score (nSPS) is 10.8. The standard InChI is InChI=1S/C23H21N3OS/c1-17-9-8-11-18(15-17)22-24-25-23(26(22)20-12-4-3-5-13-20)28-16-19-10-6-7-14-21(19)27-2/h3-15H,16H2,1-2H3. The predicted octanol–water partition coefficient (Wildman–Crippen LogP) is 5.54. The molecule has 0 saturated heterocycles. The second kappa shape index (κ2) is 8.31. The first-order valence-corrected chi connectivity index (χ1v) is 10.1. The first-order valence-electron chi connectivity index (χ1n) is 9.09. The maximum absolute atomic E-state index is 5.48. The molecule has 0 spiro atoms. The van der Waals surface area contributed by atoms with Crippen LogP contribution in [0.4, 0.5) is 0 Å². The topological polar surface area (TPSA) is 39.9 Å². The van der Waals surface area contributed by atoms with E-state index in [1.54, 1.807) is 18.9 Å². The molecule has 0 bridgehead atoms. The van der Waals surface area contributed by atoms with E-state index in [-0.39, 0.29) is 0 Å². The van der Waals surface area contributed by atoms with Gasteiger partial charge < -0.3 is 4.74 Å². The summed E-state index contributed by atoms with van der Waals surface area (Å²) in [5.41, 5.74) is 4.44. The number of hydrogen-bond acceptors (Lipinski definition) is 4. The summed E-state index contributed by atoms with van der Waals surface area (Å²) < 4.78 is 7.60. The Morgan fingerprint density at radius 3 is 2.46 bits per heavy atom. The Hall–Kier alpha value is -3.05. The van der Waals surface area contributed by atoms with Gasteiger partial charge in [0, 0.05) is 22.6 Å². The summed E-state index contributed by atoms with van der Waals surface area (Å²) in [6, 6.07) is 26.7. The van der Waals surface area contributed by atoms with Crippen molar-refractivity contribution in [1.29, 1.82) is 0 Å². The quantitative estimate of drug-likeness (QED) is 0.407. The third-order valence-electron chi connectivity index (χ3n) is 4.47. The fourth-order valence-electron chi connectivity index (χ4n) is 3.11. The van der Waals surface area contributed by atoms with Gasteiger partial charge in [-0.3, -0.25) is 4.57 Å². The van der Waals surface area contributed by atoms with Gasteiger partial charge in [0.05, 0.1) is 7.11 Å². The van der Waals surface area contributed by atoms with Gasteiger partial charge in [0.25, 0.3) is 0 Å². The van der Waals surface area contributed by atoms with Crippen molar-refractivity contribution in [1.82, 2.24) is 14.8 Å². The average Bonchev–Trinajstić information content (AvgIpc) is 3.17. The van der Waals surface area contributed by atoms with Gasteiger partial charge in [-0.15, -0.1) is 10.2 Å². The summed E-state index contributed by atoms with van der Waals surface area (Å²) in [6.45, 7) is 2.09. The summed E-state index contributed by atoms with van der Waals surface area (Å²) in [6.07, 6.45) is 0. The van der Waals surface area contributed by atoms with Gasteiger partial charge in [0.15, 0.2) is 11.0 Å². The van der Waals surface area contributed by atoms with Gasteiger partial charge in [0.2, 0.25) is 0 Å². The highest BCUT2D eigenvalue weighted by Crippen LogP contribution is 2.31. The highest BCUT2D eigenvalue weighted by atomic mass is 32.2. The molecular weight excluding hydrogens is 366 g/mol. The lowest BCUT2D eigenvalue weighted by Crippen LogP contribution is -2.00. The molecule has 1 heterocycles. The molecule has 0 radical (unpaired) electrons. The van der Waals surface area contributed by atoms with E-state index in [0.717, 1.165) is 39.3 Å². The van der Waals surface area contributed by atoms with Crippen LogP contribution in [0.5, 0.6) is 5.75 Å². The van der Waals surface area contributed by atoms with E-state index in [1.165, 1.54) is 5.56 Å². The van der Waals surface area contributed by atoms with Crippen LogP contribution in [-0.2, 0) is 5.75 Å². The van der Waals surface area contributed by atoms with Crippen molar-refractivity contribution in [2.24, 2.45) is 0 Å². The van der Waals surface area contributed by atoms with Crippen molar-refractivity contribution in [3.05, 3.63) is 90.0 Å². The van der Waals surface area contributed by atoms with Crippen LogP contribution < -0.4 is 4.74 Å². The van der Waals surface area contributed by atoms with E-state index in [9.17, 15) is 0 Å². The minimum absolute atomic E-state index is 0.753. The van der Waals surface area contributed by atoms with Crippen LogP contribution in [0.1, 0.15) is 11.1 Å². The van der Waals surface area contributed by atoms with E-state index in [4.69, 9.17) is 4.74 Å². The number of methoxy groups -OCH3 is 1. The molecule has 0 aliphatic heterocycles. The van der Waals surface area contributed by atoms with E-state index in [2.05, 4.69) is 64.2 Å². The maximum atomic E-state index is 5.48. The largest absolute Gasteiger partial charge is 0.496 e. The van der Waals surface area contributed by atoms with Crippen molar-refractivity contribution >= 4 is 11.8 Å². The van der Waals surface area contributed by atoms with Crippen LogP contribution >= 0.6 is 11.8 Å². The summed E-state index contributed by atoms with van der Waals surface area (Å²) in [5, 5.41) is 9.88. The van der Waals surface area contributed by atoms with E-state index < -0.39 is 0 Å². The third kappa shape index (κ3) is 3.80. The molecular formula is C23H21N3OS. The lowest BCUT2D eigenvalue weighted by Gasteiger charge is -2.11. The van der Waals surface area contributed by atoms with E-state index >= 15 is 0 Å². The molecule has 0 atom stereocenters. The van der Waals surface area contributed by atoms with Crippen LogP contribution in [0, 0.1) is 6.92 Å². The molecule has 28 heavy (non-hydrogen) atoms. The van der Waals surface area contributed by atoms with Crippen LogP contribution in [0.2, 0.25) is 0 Å². The summed E-state index contributed by atoms with van der Waals surface area (Å²) in [4.78, 5) is 0. The zero-order valence-corrected chi connectivity index (χ0v) is 16.7. The van der Waals surface area contributed by atoms with Crippen LogP contribution in [-0.4, -0.2) is 21.9 Å². The number of aryl methyl sites for hydroxylation is 1. The van der Waals surface area contributed by atoms with E-state index in [1.807, 2.05) is 36.4 Å². The zero-order valence-electron chi connectivity index (χ0n) is 15.9. The number of nitrogens with zero attached hydrogens (tertiary/aromatic N) is 3. The first kappa shape index (κ1) is 18.3. The number of aromatic nitrogens is 3. The Morgan fingerprint density at radius 2 is 1.68 bits per heavy atom. The lowest BCUT2D eigenvalue weighted by molar-refractivity contribution is 0.411. The highest BCUT2D eigenvalue weighted by Gasteiger charge is 2.17. The fraction of sp³-hybridized carbons (Fsp3) is 0.130. The van der Waals surface area contributed by atoms with Crippen molar-refractivity contribution in [2.75, 3.05) is 7.11 Å². The van der Waals surface area contributed by atoms with Gasteiger partial charge in [0.1, 0.15) is 5.75 Å². The molecule has 4 rings (SSSR count). The van der Waals surface area contributed by atoms with Gasteiger partial charge >= 0.3 is 0 Å². The van der Waals surface area contributed by atoms with Gasteiger partial charge in [-0.1, -0.05) is 71.9 Å². The molecule has 140 valence electrons. The summed E-state index contributed by atoms with van der Waals surface area (Å²) >= 11 is 1.65. The molecule has 0 fully saturated rings. The Bertz CT molecular complexity index is 1080. The molecule has 0 unspecified atom stereocenters. The number of para-hydroxylation sites is 2. The van der Waals surface area contributed by atoms with Crippen LogP contribution in [0.25, 0.3) is 17.1 Å². The molecule has 4 aromatic rings. The molecule has 5 heteroatoms. The Labute approximate surface area is 169 Å². The molecule has 0 amide bonds. The first-order chi connectivity index (χ1) is 13.8. The van der Waals surface area contributed by atoms with Crippen molar-refractivity contribution in [2.45, 2.75) is 17.8 Å². The van der Waals surface area contributed by atoms with Gasteiger partial charge in [-0.05, 0) is 31.2 Å². The Kier molecular flexibility index (Phi) is 5.44. The fourth-order valence-corrected chi connectivity index (χ4v) is 4.05. The monoisotopic (exact) mass is 387 g/mol. The van der Waals surface area contributed by atoms with E-state index in [0.29, 0.717) is 0 Å². The summed E-state index contributed by atoms with van der Waals surface area (Å²) in [5.74, 6) is 2.49. The molecule has 1 aromatic heterocycles. The van der Waals surface area contributed by atoms with Gasteiger partial charge in [-0.2, -0.15) is 0 Å². The highest BCUT2D eigenvalue weighted by molar-refractivity contribution is 7.98. The molecule has 3 aromatic carbocycles. The SMILES string of the molecule is COc1ccccc1CSc1nnc(-c2cccc(C)c2)n1-c1ccccc1. The second-order valence-corrected chi connectivity index (χ2v) is 7.39. The predicted molar refractivity (Wildman–Crippen MR) is 114 cm³/mol. The van der Waals surface area contributed by atoms with Crippen molar-refractivity contribution in [3.63, 3.8) is 0 Å². The summed E-state index contributed by atoms with van der Waals surface area (Å²) in [7, 11) is 1.70. The third-order valence-corrected chi connectivity index (χ3v) is 5.45. The molecule has 4 nitrogen and oxygen atoms in total. The number of ether oxygens (including phenoxy) is 1. The number of thioether (sulfide) groups is 1. The number of benzene rings is 3.